The maximum atomic E-state index is 12.9. The summed E-state index contributed by atoms with van der Waals surface area (Å²) in [5.74, 6) is 0.906. The zero-order valence-electron chi connectivity index (χ0n) is 15.0. The molecule has 138 valence electrons. The first-order valence-corrected chi connectivity index (χ1v) is 9.00. The number of nitrogens with one attached hydrogen (secondary N) is 1. The van der Waals surface area contributed by atoms with Crippen molar-refractivity contribution in [1.82, 2.24) is 20.0 Å². The molecule has 0 aliphatic carbocycles. The van der Waals surface area contributed by atoms with E-state index in [1.165, 1.54) is 0 Å². The highest BCUT2D eigenvalue weighted by atomic mass is 16.5. The number of piperidine rings is 1. The number of nitrogens with zero attached hydrogens (tertiary/aromatic N) is 3. The van der Waals surface area contributed by atoms with E-state index in [0.717, 1.165) is 18.4 Å². The molecule has 7 nitrogen and oxygen atoms in total. The van der Waals surface area contributed by atoms with Crippen molar-refractivity contribution < 1.29 is 9.32 Å². The van der Waals surface area contributed by atoms with Crippen LogP contribution in [0.1, 0.15) is 40.8 Å². The van der Waals surface area contributed by atoms with Gasteiger partial charge in [-0.2, -0.15) is 4.98 Å². The summed E-state index contributed by atoms with van der Waals surface area (Å²) in [6.45, 7) is 2.85. The standard InChI is InChI=1S/C20H20N4O3/c1-13-21-18(23-27-13)15-8-5-11-24(12-15)20(26)16-9-10-17(22-19(16)25)14-6-3-2-4-7-14/h2-4,6-7,9-10,15H,5,8,11-12H2,1H3,(H,22,25). The third-order valence-electron chi connectivity index (χ3n) is 4.84. The zero-order valence-corrected chi connectivity index (χ0v) is 15.0. The summed E-state index contributed by atoms with van der Waals surface area (Å²) >= 11 is 0. The Balaban J connectivity index is 1.54. The third-order valence-corrected chi connectivity index (χ3v) is 4.84. The lowest BCUT2D eigenvalue weighted by Gasteiger charge is -2.31. The molecule has 1 aliphatic rings. The molecule has 1 unspecified atom stereocenters. The molecule has 1 amide bonds. The Hall–Kier alpha value is -3.22. The van der Waals surface area contributed by atoms with E-state index in [0.29, 0.717) is 30.5 Å². The summed E-state index contributed by atoms with van der Waals surface area (Å²) in [5.41, 5.74) is 1.37. The van der Waals surface area contributed by atoms with E-state index in [1.54, 1.807) is 24.0 Å². The van der Waals surface area contributed by atoms with Crippen molar-refractivity contribution in [3.05, 3.63) is 70.1 Å². The molecule has 1 atom stereocenters. The Kier molecular flexibility index (Phi) is 4.58. The molecule has 3 aromatic rings. The lowest BCUT2D eigenvalue weighted by atomic mass is 9.97. The van der Waals surface area contributed by atoms with E-state index in [4.69, 9.17) is 4.52 Å². The number of H-pyrrole nitrogens is 1. The fourth-order valence-electron chi connectivity index (χ4n) is 3.45. The van der Waals surface area contributed by atoms with Gasteiger partial charge in [0.1, 0.15) is 5.56 Å². The molecule has 1 aliphatic heterocycles. The van der Waals surface area contributed by atoms with Crippen molar-refractivity contribution in [3.8, 4) is 11.3 Å². The highest BCUT2D eigenvalue weighted by Gasteiger charge is 2.29. The number of amides is 1. The quantitative estimate of drug-likeness (QED) is 0.771. The van der Waals surface area contributed by atoms with Crippen LogP contribution in [0, 0.1) is 6.92 Å². The molecule has 0 radical (unpaired) electrons. The van der Waals surface area contributed by atoms with Crippen LogP contribution in [-0.4, -0.2) is 39.0 Å². The number of aryl methyl sites for hydroxylation is 1. The van der Waals surface area contributed by atoms with Crippen LogP contribution in [0.5, 0.6) is 0 Å². The number of hydrogen-bond acceptors (Lipinski definition) is 5. The topological polar surface area (TPSA) is 92.1 Å². The van der Waals surface area contributed by atoms with Crippen molar-refractivity contribution in [2.45, 2.75) is 25.7 Å². The molecule has 0 spiro atoms. The summed E-state index contributed by atoms with van der Waals surface area (Å²) in [7, 11) is 0. The summed E-state index contributed by atoms with van der Waals surface area (Å²) in [6, 6.07) is 12.9. The Morgan fingerprint density at radius 1 is 1.22 bits per heavy atom. The monoisotopic (exact) mass is 364 g/mol. The van der Waals surface area contributed by atoms with Gasteiger partial charge in [0.2, 0.25) is 5.89 Å². The first kappa shape index (κ1) is 17.2. The molecule has 4 rings (SSSR count). The molecule has 1 fully saturated rings. The summed E-state index contributed by atoms with van der Waals surface area (Å²) < 4.78 is 5.05. The van der Waals surface area contributed by atoms with E-state index in [9.17, 15) is 9.59 Å². The van der Waals surface area contributed by atoms with Gasteiger partial charge in [-0.25, -0.2) is 0 Å². The molecule has 7 heteroatoms. The van der Waals surface area contributed by atoms with Gasteiger partial charge in [-0.05, 0) is 30.5 Å². The highest BCUT2D eigenvalue weighted by molar-refractivity contribution is 5.94. The Morgan fingerprint density at radius 2 is 2.04 bits per heavy atom. The second kappa shape index (κ2) is 7.19. The van der Waals surface area contributed by atoms with Crippen LogP contribution in [0.2, 0.25) is 0 Å². The van der Waals surface area contributed by atoms with E-state index in [-0.39, 0.29) is 22.9 Å². The Labute approximate surface area is 156 Å². The summed E-state index contributed by atoms with van der Waals surface area (Å²) in [5, 5.41) is 3.98. The summed E-state index contributed by atoms with van der Waals surface area (Å²) in [6.07, 6.45) is 1.73. The molecular weight excluding hydrogens is 344 g/mol. The molecule has 1 N–H and O–H groups in total. The van der Waals surface area contributed by atoms with Crippen LogP contribution in [0.25, 0.3) is 11.3 Å². The molecule has 1 aromatic carbocycles. The molecule has 0 saturated carbocycles. The largest absolute Gasteiger partial charge is 0.340 e. The van der Waals surface area contributed by atoms with Gasteiger partial charge in [-0.3, -0.25) is 9.59 Å². The van der Waals surface area contributed by atoms with Crippen molar-refractivity contribution in [2.75, 3.05) is 13.1 Å². The van der Waals surface area contributed by atoms with Gasteiger partial charge >= 0.3 is 0 Å². The number of carbonyl (C=O) groups excluding carboxylic acids is 1. The lowest BCUT2D eigenvalue weighted by Crippen LogP contribution is -2.41. The average molecular weight is 364 g/mol. The zero-order chi connectivity index (χ0) is 18.8. The first-order chi connectivity index (χ1) is 13.1. The average Bonchev–Trinajstić information content (AvgIpc) is 3.14. The van der Waals surface area contributed by atoms with E-state index < -0.39 is 0 Å². The van der Waals surface area contributed by atoms with Gasteiger partial charge in [-0.15, -0.1) is 0 Å². The molecule has 3 heterocycles. The highest BCUT2D eigenvalue weighted by Crippen LogP contribution is 2.25. The predicted octanol–water partition coefficient (Wildman–Crippen LogP) is 2.75. The normalized spacial score (nSPS) is 17.1. The Bertz CT molecular complexity index is 1010. The molecule has 1 saturated heterocycles. The fraction of sp³-hybridized carbons (Fsp3) is 0.300. The van der Waals surface area contributed by atoms with E-state index >= 15 is 0 Å². The number of hydrogen-bond donors (Lipinski definition) is 1. The second-order valence-electron chi connectivity index (χ2n) is 6.74. The van der Waals surface area contributed by atoms with Crippen molar-refractivity contribution in [3.63, 3.8) is 0 Å². The molecule has 27 heavy (non-hydrogen) atoms. The Morgan fingerprint density at radius 3 is 2.74 bits per heavy atom. The van der Waals surface area contributed by atoms with Crippen LogP contribution in [0.3, 0.4) is 0 Å². The minimum Gasteiger partial charge on any atom is -0.340 e. The van der Waals surface area contributed by atoms with E-state index in [1.807, 2.05) is 30.3 Å². The second-order valence-corrected chi connectivity index (χ2v) is 6.74. The SMILES string of the molecule is Cc1nc(C2CCCN(C(=O)c3ccc(-c4ccccc4)[nH]c3=O)C2)no1. The van der Waals surface area contributed by atoms with Gasteiger partial charge in [0.15, 0.2) is 5.82 Å². The smallest absolute Gasteiger partial charge is 0.261 e. The molecule has 0 bridgehead atoms. The van der Waals surface area contributed by atoms with Crippen LogP contribution in [0.15, 0.2) is 51.8 Å². The van der Waals surface area contributed by atoms with Crippen LogP contribution >= 0.6 is 0 Å². The van der Waals surface area contributed by atoms with Crippen LogP contribution < -0.4 is 5.56 Å². The first-order valence-electron chi connectivity index (χ1n) is 9.00. The van der Waals surface area contributed by atoms with Gasteiger partial charge in [-0.1, -0.05) is 35.5 Å². The van der Waals surface area contributed by atoms with Gasteiger partial charge < -0.3 is 14.4 Å². The predicted molar refractivity (Wildman–Crippen MR) is 99.4 cm³/mol. The number of aromatic nitrogens is 3. The fourth-order valence-corrected chi connectivity index (χ4v) is 3.45. The maximum absolute atomic E-state index is 12.9. The number of pyridine rings is 1. The number of benzene rings is 1. The van der Waals surface area contributed by atoms with Crippen molar-refractivity contribution in [1.29, 1.82) is 0 Å². The van der Waals surface area contributed by atoms with E-state index in [2.05, 4.69) is 15.1 Å². The van der Waals surface area contributed by atoms with Crippen LogP contribution in [-0.2, 0) is 0 Å². The lowest BCUT2D eigenvalue weighted by molar-refractivity contribution is 0.0702. The number of carbonyl (C=O) groups is 1. The van der Waals surface area contributed by atoms with Crippen LogP contribution in [0.4, 0.5) is 0 Å². The van der Waals surface area contributed by atoms with Gasteiger partial charge in [0.05, 0.1) is 0 Å². The van der Waals surface area contributed by atoms with Crippen molar-refractivity contribution >= 4 is 5.91 Å². The number of rotatable bonds is 3. The van der Waals surface area contributed by atoms with Crippen molar-refractivity contribution in [2.24, 2.45) is 0 Å². The maximum Gasteiger partial charge on any atom is 0.261 e. The van der Waals surface area contributed by atoms with Gasteiger partial charge in [0.25, 0.3) is 11.5 Å². The third kappa shape index (κ3) is 3.53. The molecular formula is C20H20N4O3. The van der Waals surface area contributed by atoms with Gasteiger partial charge in [0, 0.05) is 31.6 Å². The minimum absolute atomic E-state index is 0.0304. The number of aromatic amines is 1. The summed E-state index contributed by atoms with van der Waals surface area (Å²) in [4.78, 5) is 34.2. The minimum atomic E-state index is -0.376. The molecule has 2 aromatic heterocycles. The number of likely N-dealkylation sites (tertiary alicyclic amines) is 1.